The molecule has 11 heteroatoms. The van der Waals surface area contributed by atoms with Crippen molar-refractivity contribution in [2.75, 3.05) is 20.2 Å². The fraction of sp³-hybridized carbons (Fsp3) is 0.421. The molecule has 11 nitrogen and oxygen atoms in total. The van der Waals surface area contributed by atoms with Crippen LogP contribution in [0.4, 0.5) is 0 Å². The molecule has 0 aliphatic carbocycles. The molecular weight excluding hydrogens is 620 g/mol. The third-order valence-electron chi connectivity index (χ3n) is 10.5. The topological polar surface area (TPSA) is 150 Å². The summed E-state index contributed by atoms with van der Waals surface area (Å²) < 4.78 is 4.99. The van der Waals surface area contributed by atoms with Crippen LogP contribution in [-0.4, -0.2) is 68.7 Å². The molecule has 3 aromatic rings. The first-order chi connectivity index (χ1) is 23.4. The fourth-order valence-corrected chi connectivity index (χ4v) is 7.27. The summed E-state index contributed by atoms with van der Waals surface area (Å²) in [6.07, 6.45) is 1.66. The second kappa shape index (κ2) is 13.1. The minimum absolute atomic E-state index is 0.000513. The number of aromatic amines is 2. The van der Waals surface area contributed by atoms with Crippen LogP contribution in [0, 0.1) is 13.8 Å². The molecule has 49 heavy (non-hydrogen) atoms. The Hall–Kier alpha value is -5.06. The number of fused-ring (bicyclic) bond motifs is 8. The Morgan fingerprint density at radius 1 is 0.898 bits per heavy atom. The lowest BCUT2D eigenvalue weighted by Crippen LogP contribution is -2.45. The molecular formula is C38H44N6O5. The zero-order valence-corrected chi connectivity index (χ0v) is 29.5. The zero-order valence-electron chi connectivity index (χ0n) is 29.5. The van der Waals surface area contributed by atoms with Gasteiger partial charge in [-0.15, -0.1) is 0 Å². The predicted octanol–water partition coefficient (Wildman–Crippen LogP) is 6.41. The highest BCUT2D eigenvalue weighted by molar-refractivity contribution is 6.23. The normalized spacial score (nSPS) is 17.2. The van der Waals surface area contributed by atoms with Gasteiger partial charge in [-0.3, -0.25) is 29.1 Å². The molecule has 0 saturated heterocycles. The first-order valence-corrected chi connectivity index (χ1v) is 17.0. The van der Waals surface area contributed by atoms with Crippen LogP contribution in [0.1, 0.15) is 126 Å². The Labute approximate surface area is 285 Å². The zero-order chi connectivity index (χ0) is 35.3. The predicted molar refractivity (Wildman–Crippen MR) is 189 cm³/mol. The number of methoxy groups -OCH3 is 1. The van der Waals surface area contributed by atoms with Crippen molar-refractivity contribution in [1.82, 2.24) is 30.2 Å². The highest BCUT2D eigenvalue weighted by atomic mass is 16.5. The smallest absolute Gasteiger partial charge is 0.305 e. The third kappa shape index (κ3) is 5.74. The molecule has 2 unspecified atom stereocenters. The molecule has 0 fully saturated rings. The van der Waals surface area contributed by atoms with Crippen molar-refractivity contribution >= 4 is 56.9 Å². The number of esters is 1. The summed E-state index contributed by atoms with van der Waals surface area (Å²) in [5.74, 6) is -1.91. The second-order valence-electron chi connectivity index (χ2n) is 13.2. The molecule has 6 heterocycles. The molecule has 3 aliphatic rings. The van der Waals surface area contributed by atoms with Gasteiger partial charge < -0.3 is 20.0 Å². The lowest BCUT2D eigenvalue weighted by atomic mass is 9.84. The first-order valence-electron chi connectivity index (χ1n) is 17.0. The van der Waals surface area contributed by atoms with Crippen LogP contribution in [0.25, 0.3) is 33.2 Å². The monoisotopic (exact) mass is 664 g/mol. The average Bonchev–Trinajstić information content (AvgIpc) is 3.75. The Balaban J connectivity index is 1.72. The largest absolute Gasteiger partial charge is 0.469 e. The number of hydrogen-bond donors (Lipinski definition) is 3. The Bertz CT molecular complexity index is 2120. The van der Waals surface area contributed by atoms with Crippen molar-refractivity contribution in [2.45, 2.75) is 86.0 Å². The van der Waals surface area contributed by atoms with Gasteiger partial charge in [0.2, 0.25) is 5.91 Å². The van der Waals surface area contributed by atoms with E-state index < -0.39 is 11.8 Å². The highest BCUT2D eigenvalue weighted by Crippen LogP contribution is 2.44. The number of ether oxygens (including phenoxy) is 1. The Morgan fingerprint density at radius 2 is 1.55 bits per heavy atom. The summed E-state index contributed by atoms with van der Waals surface area (Å²) in [6.45, 7) is 14.1. The number of H-pyrrole nitrogens is 2. The number of nitrogens with one attached hydrogen (secondary N) is 3. The number of nitrogens with zero attached hydrogens (tertiary/aromatic N) is 3. The van der Waals surface area contributed by atoms with Crippen molar-refractivity contribution in [3.8, 4) is 0 Å². The molecule has 0 spiro atoms. The van der Waals surface area contributed by atoms with E-state index >= 15 is 0 Å². The number of carbonyl (C=O) groups excluding carboxylic acids is 4. The third-order valence-corrected chi connectivity index (χ3v) is 10.5. The molecule has 3 amide bonds. The second-order valence-corrected chi connectivity index (χ2v) is 13.2. The summed E-state index contributed by atoms with van der Waals surface area (Å²) in [5.41, 5.74) is 11.7. The van der Waals surface area contributed by atoms with Gasteiger partial charge in [0.15, 0.2) is 0 Å². The minimum atomic E-state index is -0.491. The molecule has 8 bridgehead atoms. The number of carbonyl (C=O) groups is 4. The van der Waals surface area contributed by atoms with E-state index in [1.807, 2.05) is 26.0 Å². The fourth-order valence-electron chi connectivity index (χ4n) is 7.27. The SMILES string of the molecule is CCC(=O)NCCN1C(=O)c2c3nc(cc4[nH]c(cc5nc(cc6[nH]c2c(c6C)C1=O)C(C)=C5C)c(CC)c4C)C(C)C3CCC(=O)OC. The number of rotatable bonds is 8. The van der Waals surface area contributed by atoms with E-state index in [1.165, 1.54) is 17.6 Å². The maximum Gasteiger partial charge on any atom is 0.305 e. The van der Waals surface area contributed by atoms with Crippen LogP contribution in [-0.2, 0) is 20.7 Å². The highest BCUT2D eigenvalue weighted by Gasteiger charge is 2.41. The quantitative estimate of drug-likeness (QED) is 0.186. The summed E-state index contributed by atoms with van der Waals surface area (Å²) in [6, 6.07) is 6.08. The molecule has 256 valence electrons. The summed E-state index contributed by atoms with van der Waals surface area (Å²) in [5, 5.41) is 2.79. The number of allylic oxidation sites excluding steroid dienone is 2. The Morgan fingerprint density at radius 3 is 2.20 bits per heavy atom. The van der Waals surface area contributed by atoms with Crippen molar-refractivity contribution < 1.29 is 23.9 Å². The molecule has 0 radical (unpaired) electrons. The number of aryl methyl sites for hydroxylation is 3. The van der Waals surface area contributed by atoms with E-state index in [-0.39, 0.29) is 43.2 Å². The molecule has 2 atom stereocenters. The van der Waals surface area contributed by atoms with E-state index in [4.69, 9.17) is 14.7 Å². The van der Waals surface area contributed by atoms with Gasteiger partial charge in [0.1, 0.15) is 0 Å². The van der Waals surface area contributed by atoms with Crippen LogP contribution in [0.3, 0.4) is 0 Å². The Kier molecular flexibility index (Phi) is 9.04. The number of hydrogen-bond acceptors (Lipinski definition) is 7. The summed E-state index contributed by atoms with van der Waals surface area (Å²) in [7, 11) is 1.36. The molecule has 0 saturated carbocycles. The lowest BCUT2D eigenvalue weighted by Gasteiger charge is -2.27. The molecule has 3 aromatic heterocycles. The van der Waals surface area contributed by atoms with E-state index in [0.29, 0.717) is 46.3 Å². The van der Waals surface area contributed by atoms with Gasteiger partial charge in [0.25, 0.3) is 11.8 Å². The van der Waals surface area contributed by atoms with E-state index in [2.05, 4.69) is 49.0 Å². The van der Waals surface area contributed by atoms with Crippen molar-refractivity contribution in [1.29, 1.82) is 0 Å². The van der Waals surface area contributed by atoms with Crippen LogP contribution in [0.5, 0.6) is 0 Å². The molecule has 3 N–H and O–H groups in total. The van der Waals surface area contributed by atoms with Crippen LogP contribution < -0.4 is 5.32 Å². The lowest BCUT2D eigenvalue weighted by molar-refractivity contribution is -0.140. The van der Waals surface area contributed by atoms with Gasteiger partial charge in [-0.05, 0) is 86.6 Å². The molecule has 3 aliphatic heterocycles. The first kappa shape index (κ1) is 33.8. The van der Waals surface area contributed by atoms with Crippen LogP contribution >= 0.6 is 0 Å². The van der Waals surface area contributed by atoms with Gasteiger partial charge in [-0.1, -0.05) is 20.8 Å². The van der Waals surface area contributed by atoms with E-state index in [1.54, 1.807) is 6.92 Å². The van der Waals surface area contributed by atoms with E-state index in [9.17, 15) is 19.2 Å². The number of aromatic nitrogens is 4. The van der Waals surface area contributed by atoms with Crippen molar-refractivity contribution in [3.63, 3.8) is 0 Å². The van der Waals surface area contributed by atoms with Gasteiger partial charge in [0.05, 0.1) is 40.8 Å². The van der Waals surface area contributed by atoms with E-state index in [0.717, 1.165) is 51.2 Å². The van der Waals surface area contributed by atoms with Gasteiger partial charge in [-0.2, -0.15) is 0 Å². The van der Waals surface area contributed by atoms with Crippen LogP contribution in [0.2, 0.25) is 0 Å². The average molecular weight is 665 g/mol. The van der Waals surface area contributed by atoms with Crippen molar-refractivity contribution in [2.24, 2.45) is 0 Å². The number of amides is 3. The number of imide groups is 1. The van der Waals surface area contributed by atoms with Crippen molar-refractivity contribution in [3.05, 3.63) is 68.8 Å². The maximum absolute atomic E-state index is 14.5. The van der Waals surface area contributed by atoms with Crippen LogP contribution in [0.15, 0.2) is 18.2 Å². The van der Waals surface area contributed by atoms with Gasteiger partial charge in [0, 0.05) is 60.0 Å². The standard InChI is InChI=1S/C38H44N6O5/c1-9-23-20(5)27-16-28-21(6)24(11-12-32(46)49-8)35(42-28)34-36-33(37(47)44(38(34)48)14-13-39-31(45)10-2)22(7)29(43-36)15-25-18(3)19(4)26(40-25)17-30(23)41-27/h15-17,21,24,41,43H,9-14H2,1-8H3,(H,39,45). The summed E-state index contributed by atoms with van der Waals surface area (Å²) >= 11 is 0. The maximum atomic E-state index is 14.5. The molecule has 0 aromatic carbocycles. The molecule has 6 rings (SSSR count). The van der Waals surface area contributed by atoms with Gasteiger partial charge >= 0.3 is 5.97 Å². The summed E-state index contributed by atoms with van der Waals surface area (Å²) in [4.78, 5) is 71.6. The minimum Gasteiger partial charge on any atom is -0.469 e. The van der Waals surface area contributed by atoms with Gasteiger partial charge in [-0.25, -0.2) is 4.98 Å².